The molecule has 3 aliphatic heterocycles. The molecule has 0 saturated carbocycles. The molecule has 21 heavy (non-hydrogen) atoms. The van der Waals surface area contributed by atoms with Crippen LogP contribution in [0, 0.1) is 5.92 Å². The minimum Gasteiger partial charge on any atom is -0.332 e. The number of fused-ring (bicyclic) bond motifs is 4. The quantitative estimate of drug-likeness (QED) is 0.867. The Balaban J connectivity index is 0.00000132. The molecule has 1 amide bonds. The Morgan fingerprint density at radius 2 is 2.00 bits per heavy atom. The molecule has 3 aliphatic rings. The number of carbonyl (C=O) groups is 1. The van der Waals surface area contributed by atoms with E-state index < -0.39 is 0 Å². The molecule has 1 aromatic heterocycles. The zero-order valence-electron chi connectivity index (χ0n) is 11.6. The highest BCUT2D eigenvalue weighted by Crippen LogP contribution is 2.27. The second-order valence-electron chi connectivity index (χ2n) is 5.68. The molecular weight excluding hydrogens is 290 g/mol. The van der Waals surface area contributed by atoms with Crippen molar-refractivity contribution in [3.8, 4) is 0 Å². The summed E-state index contributed by atoms with van der Waals surface area (Å²) in [6, 6.07) is 7.59. The molecule has 1 N–H and O–H groups in total. The molecule has 6 nitrogen and oxygen atoms in total. The van der Waals surface area contributed by atoms with E-state index in [1.54, 1.807) is 0 Å². The van der Waals surface area contributed by atoms with E-state index in [1.165, 1.54) is 30.6 Å². The van der Waals surface area contributed by atoms with Gasteiger partial charge in [0, 0.05) is 12.6 Å². The van der Waals surface area contributed by atoms with Gasteiger partial charge in [0.1, 0.15) is 5.52 Å². The van der Waals surface area contributed by atoms with E-state index in [0.29, 0.717) is 5.92 Å². The minimum absolute atomic E-state index is 0. The summed E-state index contributed by atoms with van der Waals surface area (Å²) in [6.07, 6.45) is 2.37. The van der Waals surface area contributed by atoms with E-state index in [2.05, 4.69) is 20.5 Å². The van der Waals surface area contributed by atoms with Crippen molar-refractivity contribution in [2.45, 2.75) is 18.9 Å². The van der Waals surface area contributed by atoms with Crippen LogP contribution >= 0.6 is 12.4 Å². The number of benzene rings is 1. The molecule has 1 aromatic carbocycles. The predicted octanol–water partition coefficient (Wildman–Crippen LogP) is 1.50. The zero-order valence-corrected chi connectivity index (χ0v) is 12.4. The lowest BCUT2D eigenvalue weighted by molar-refractivity contribution is 0.0765. The fraction of sp³-hybridized carbons (Fsp3) is 0.500. The molecule has 2 bridgehead atoms. The van der Waals surface area contributed by atoms with Gasteiger partial charge in [0.05, 0.1) is 5.52 Å². The molecule has 1 atom stereocenters. The van der Waals surface area contributed by atoms with Crippen molar-refractivity contribution in [3.63, 3.8) is 0 Å². The van der Waals surface area contributed by atoms with Gasteiger partial charge in [-0.15, -0.1) is 17.5 Å². The van der Waals surface area contributed by atoms with E-state index in [1.807, 2.05) is 24.3 Å². The van der Waals surface area contributed by atoms with Crippen LogP contribution in [0.4, 0.5) is 4.79 Å². The first-order valence-corrected chi connectivity index (χ1v) is 7.15. The van der Waals surface area contributed by atoms with Crippen LogP contribution < -0.4 is 5.32 Å². The number of halogens is 1. The first kappa shape index (κ1) is 14.3. The maximum atomic E-state index is 12.4. The summed E-state index contributed by atoms with van der Waals surface area (Å²) in [7, 11) is 0. The number of nitrogens with zero attached hydrogens (tertiary/aromatic N) is 4. The number of hydrogen-bond acceptors (Lipinski definition) is 4. The van der Waals surface area contributed by atoms with Crippen molar-refractivity contribution in [1.29, 1.82) is 0 Å². The Kier molecular flexibility index (Phi) is 3.82. The highest BCUT2D eigenvalue weighted by atomic mass is 35.5. The van der Waals surface area contributed by atoms with Gasteiger partial charge in [-0.2, -0.15) is 4.68 Å². The number of aromatic nitrogens is 3. The first-order chi connectivity index (χ1) is 9.81. The molecule has 7 heteroatoms. The Hall–Kier alpha value is -1.66. The van der Waals surface area contributed by atoms with Crippen LogP contribution in [0.1, 0.15) is 12.8 Å². The summed E-state index contributed by atoms with van der Waals surface area (Å²) in [5.74, 6) is 0.610. The third kappa shape index (κ3) is 2.49. The van der Waals surface area contributed by atoms with Crippen LogP contribution in [0.15, 0.2) is 24.3 Å². The highest BCUT2D eigenvalue weighted by molar-refractivity contribution is 5.87. The van der Waals surface area contributed by atoms with Gasteiger partial charge in [-0.05, 0) is 44.0 Å². The average molecular weight is 308 g/mol. The van der Waals surface area contributed by atoms with E-state index >= 15 is 0 Å². The number of rotatable bonds is 1. The Morgan fingerprint density at radius 3 is 2.71 bits per heavy atom. The standard InChI is InChI=1S/C14H17N5O.ClH/c20-14(15-12-9-18-7-5-10(12)6-8-18)19-13-4-2-1-3-11(13)16-17-19;/h1-4,10,12H,5-9H2,(H,15,20);1H/t12-;/m0./s1. The molecule has 0 radical (unpaired) electrons. The number of piperidine rings is 3. The summed E-state index contributed by atoms with van der Waals surface area (Å²) in [5, 5.41) is 11.1. The number of hydrogen-bond donors (Lipinski definition) is 1. The van der Waals surface area contributed by atoms with Gasteiger partial charge in [0.15, 0.2) is 0 Å². The summed E-state index contributed by atoms with van der Waals surface area (Å²) in [5.41, 5.74) is 1.50. The fourth-order valence-electron chi connectivity index (χ4n) is 3.37. The molecule has 0 aliphatic carbocycles. The lowest BCUT2D eigenvalue weighted by Gasteiger charge is -2.44. The van der Waals surface area contributed by atoms with Crippen molar-refractivity contribution < 1.29 is 4.79 Å². The van der Waals surface area contributed by atoms with Crippen molar-refractivity contribution in [3.05, 3.63) is 24.3 Å². The van der Waals surface area contributed by atoms with E-state index in [9.17, 15) is 4.79 Å². The maximum absolute atomic E-state index is 12.4. The molecule has 3 fully saturated rings. The largest absolute Gasteiger partial charge is 0.344 e. The second-order valence-corrected chi connectivity index (χ2v) is 5.68. The Bertz CT molecular complexity index is 650. The van der Waals surface area contributed by atoms with E-state index in [4.69, 9.17) is 0 Å². The smallest absolute Gasteiger partial charge is 0.332 e. The Morgan fingerprint density at radius 1 is 1.24 bits per heavy atom. The van der Waals surface area contributed by atoms with Crippen molar-refractivity contribution in [2.24, 2.45) is 5.92 Å². The fourth-order valence-corrected chi connectivity index (χ4v) is 3.37. The van der Waals surface area contributed by atoms with E-state index in [-0.39, 0.29) is 24.5 Å². The van der Waals surface area contributed by atoms with Crippen LogP contribution in [0.5, 0.6) is 0 Å². The lowest BCUT2D eigenvalue weighted by Crippen LogP contribution is -2.57. The van der Waals surface area contributed by atoms with Gasteiger partial charge in [0.2, 0.25) is 0 Å². The molecule has 5 rings (SSSR count). The predicted molar refractivity (Wildman–Crippen MR) is 81.7 cm³/mol. The normalized spacial score (nSPS) is 27.3. The zero-order chi connectivity index (χ0) is 13.5. The van der Waals surface area contributed by atoms with Gasteiger partial charge in [-0.3, -0.25) is 0 Å². The molecule has 112 valence electrons. The van der Waals surface area contributed by atoms with Crippen molar-refractivity contribution in [2.75, 3.05) is 19.6 Å². The van der Waals surface area contributed by atoms with Gasteiger partial charge in [-0.1, -0.05) is 17.3 Å². The number of nitrogens with one attached hydrogen (secondary N) is 1. The van der Waals surface area contributed by atoms with Crippen molar-refractivity contribution >= 4 is 29.5 Å². The van der Waals surface area contributed by atoms with E-state index in [0.717, 1.165) is 17.6 Å². The van der Waals surface area contributed by atoms with Crippen LogP contribution in [0.2, 0.25) is 0 Å². The van der Waals surface area contributed by atoms with Crippen LogP contribution in [-0.4, -0.2) is 51.6 Å². The molecule has 3 saturated heterocycles. The van der Waals surface area contributed by atoms with Gasteiger partial charge < -0.3 is 10.2 Å². The summed E-state index contributed by atoms with van der Waals surface area (Å²) >= 11 is 0. The maximum Gasteiger partial charge on any atom is 0.344 e. The topological polar surface area (TPSA) is 63.1 Å². The molecule has 0 unspecified atom stereocenters. The van der Waals surface area contributed by atoms with Crippen LogP contribution in [0.25, 0.3) is 11.0 Å². The van der Waals surface area contributed by atoms with Crippen molar-refractivity contribution in [1.82, 2.24) is 25.2 Å². The third-order valence-electron chi connectivity index (χ3n) is 4.51. The SMILES string of the molecule is Cl.O=C(N[C@H]1CN2CCC1CC2)n1nnc2ccccc21. The molecular formula is C14H18ClN5O. The monoisotopic (exact) mass is 307 g/mol. The highest BCUT2D eigenvalue weighted by Gasteiger charge is 2.35. The average Bonchev–Trinajstić information content (AvgIpc) is 2.92. The van der Waals surface area contributed by atoms with Crippen LogP contribution in [-0.2, 0) is 0 Å². The lowest BCUT2D eigenvalue weighted by atomic mass is 9.84. The first-order valence-electron chi connectivity index (χ1n) is 7.15. The number of amides is 1. The number of para-hydroxylation sites is 1. The minimum atomic E-state index is -0.169. The van der Waals surface area contributed by atoms with Gasteiger partial charge in [0.25, 0.3) is 0 Å². The molecule has 0 spiro atoms. The second kappa shape index (κ2) is 5.61. The van der Waals surface area contributed by atoms with Gasteiger partial charge in [-0.25, -0.2) is 4.79 Å². The summed E-state index contributed by atoms with van der Waals surface area (Å²) in [4.78, 5) is 14.8. The Labute approximate surface area is 128 Å². The molecule has 2 aromatic rings. The van der Waals surface area contributed by atoms with Crippen LogP contribution in [0.3, 0.4) is 0 Å². The summed E-state index contributed by atoms with van der Waals surface area (Å²) in [6.45, 7) is 3.30. The summed E-state index contributed by atoms with van der Waals surface area (Å²) < 4.78 is 1.37. The molecule has 4 heterocycles. The number of carbonyl (C=O) groups excluding carboxylic acids is 1. The van der Waals surface area contributed by atoms with Gasteiger partial charge >= 0.3 is 6.03 Å². The third-order valence-corrected chi connectivity index (χ3v) is 4.51.